The standard InChI is InChI=1S/C13H24N2S/c1-15-11-3-4-12(15)8-10(7-11)14-9-13(16-2)5-6-13/h10-12,14H,3-9H2,1-2H3. The van der Waals surface area contributed by atoms with E-state index in [1.807, 2.05) is 0 Å². The highest BCUT2D eigenvalue weighted by atomic mass is 32.2. The molecule has 3 aliphatic rings. The lowest BCUT2D eigenvalue weighted by Crippen LogP contribution is -2.48. The maximum absolute atomic E-state index is 3.85. The Hall–Kier alpha value is 0.270. The van der Waals surface area contributed by atoms with Crippen LogP contribution in [0.4, 0.5) is 0 Å². The molecule has 2 unspecified atom stereocenters. The van der Waals surface area contributed by atoms with Crippen LogP contribution < -0.4 is 5.32 Å². The summed E-state index contributed by atoms with van der Waals surface area (Å²) >= 11 is 2.07. The van der Waals surface area contributed by atoms with Gasteiger partial charge in [0.05, 0.1) is 0 Å². The highest BCUT2D eigenvalue weighted by Crippen LogP contribution is 2.46. The molecular formula is C13H24N2S. The molecule has 1 saturated carbocycles. The molecule has 0 aromatic rings. The second-order valence-electron chi connectivity index (χ2n) is 5.99. The first-order valence-corrected chi connectivity index (χ1v) is 7.95. The van der Waals surface area contributed by atoms with Crippen molar-refractivity contribution in [1.82, 2.24) is 10.2 Å². The van der Waals surface area contributed by atoms with Gasteiger partial charge < -0.3 is 10.2 Å². The first kappa shape index (κ1) is 11.4. The normalized spacial score (nSPS) is 41.2. The van der Waals surface area contributed by atoms with Crippen LogP contribution in [0.15, 0.2) is 0 Å². The topological polar surface area (TPSA) is 15.3 Å². The number of nitrogens with zero attached hydrogens (tertiary/aromatic N) is 1. The first-order valence-electron chi connectivity index (χ1n) is 6.73. The summed E-state index contributed by atoms with van der Waals surface area (Å²) in [5.74, 6) is 0. The minimum atomic E-state index is 0.627. The van der Waals surface area contributed by atoms with Gasteiger partial charge in [0.1, 0.15) is 0 Å². The molecule has 1 aliphatic carbocycles. The van der Waals surface area contributed by atoms with Gasteiger partial charge in [0.2, 0.25) is 0 Å². The van der Waals surface area contributed by atoms with E-state index in [-0.39, 0.29) is 0 Å². The van der Waals surface area contributed by atoms with Crippen molar-refractivity contribution >= 4 is 11.8 Å². The number of hydrogen-bond acceptors (Lipinski definition) is 3. The van der Waals surface area contributed by atoms with Gasteiger partial charge in [0.25, 0.3) is 0 Å². The Morgan fingerprint density at radius 2 is 1.88 bits per heavy atom. The molecule has 0 aromatic carbocycles. The van der Waals surface area contributed by atoms with Crippen molar-refractivity contribution in [3.63, 3.8) is 0 Å². The molecule has 0 aromatic heterocycles. The maximum atomic E-state index is 3.85. The zero-order valence-corrected chi connectivity index (χ0v) is 11.4. The van der Waals surface area contributed by atoms with E-state index in [0.29, 0.717) is 4.75 Å². The number of nitrogens with one attached hydrogen (secondary N) is 1. The lowest BCUT2D eigenvalue weighted by molar-refractivity contribution is 0.149. The SMILES string of the molecule is CSC1(CNC2CC3CCC(C2)N3C)CC1. The highest BCUT2D eigenvalue weighted by molar-refractivity contribution is 8.00. The fraction of sp³-hybridized carbons (Fsp3) is 1.00. The van der Waals surface area contributed by atoms with E-state index in [1.54, 1.807) is 0 Å². The summed E-state index contributed by atoms with van der Waals surface area (Å²) < 4.78 is 0.627. The molecule has 1 N–H and O–H groups in total. The van der Waals surface area contributed by atoms with Gasteiger partial charge in [-0.15, -0.1) is 0 Å². The summed E-state index contributed by atoms with van der Waals surface area (Å²) in [5, 5.41) is 3.85. The zero-order chi connectivity index (χ0) is 11.2. The average molecular weight is 240 g/mol. The lowest BCUT2D eigenvalue weighted by atomic mass is 9.98. The Morgan fingerprint density at radius 1 is 1.25 bits per heavy atom. The molecule has 3 rings (SSSR count). The molecule has 2 nitrogen and oxygen atoms in total. The summed E-state index contributed by atoms with van der Waals surface area (Å²) in [6.45, 7) is 1.25. The van der Waals surface area contributed by atoms with Crippen LogP contribution in [0.1, 0.15) is 38.5 Å². The molecule has 2 aliphatic heterocycles. The van der Waals surface area contributed by atoms with E-state index in [2.05, 4.69) is 35.3 Å². The monoisotopic (exact) mass is 240 g/mol. The van der Waals surface area contributed by atoms with Crippen LogP contribution in [-0.2, 0) is 0 Å². The van der Waals surface area contributed by atoms with Crippen LogP contribution in [0.25, 0.3) is 0 Å². The fourth-order valence-corrected chi connectivity index (χ4v) is 4.24. The molecule has 0 amide bonds. The van der Waals surface area contributed by atoms with Crippen molar-refractivity contribution in [2.75, 3.05) is 19.8 Å². The molecule has 2 saturated heterocycles. The highest BCUT2D eigenvalue weighted by Gasteiger charge is 2.43. The number of hydrogen-bond donors (Lipinski definition) is 1. The third kappa shape index (κ3) is 2.02. The Balaban J connectivity index is 1.50. The van der Waals surface area contributed by atoms with Crippen LogP contribution in [0.2, 0.25) is 0 Å². The van der Waals surface area contributed by atoms with Crippen LogP contribution >= 0.6 is 11.8 Å². The van der Waals surface area contributed by atoms with Gasteiger partial charge >= 0.3 is 0 Å². The van der Waals surface area contributed by atoms with E-state index >= 15 is 0 Å². The van der Waals surface area contributed by atoms with E-state index in [0.717, 1.165) is 18.1 Å². The fourth-order valence-electron chi connectivity index (χ4n) is 3.50. The molecule has 2 heterocycles. The zero-order valence-electron chi connectivity index (χ0n) is 10.5. The van der Waals surface area contributed by atoms with Crippen LogP contribution in [0.5, 0.6) is 0 Å². The van der Waals surface area contributed by atoms with Gasteiger partial charge in [-0.1, -0.05) is 0 Å². The van der Waals surface area contributed by atoms with Gasteiger partial charge in [0.15, 0.2) is 0 Å². The maximum Gasteiger partial charge on any atom is 0.0282 e. The largest absolute Gasteiger partial charge is 0.312 e. The lowest BCUT2D eigenvalue weighted by Gasteiger charge is -2.37. The van der Waals surface area contributed by atoms with Gasteiger partial charge in [-0.05, 0) is 51.8 Å². The van der Waals surface area contributed by atoms with Crippen molar-refractivity contribution in [3.05, 3.63) is 0 Å². The van der Waals surface area contributed by atoms with E-state index < -0.39 is 0 Å². The third-order valence-electron chi connectivity index (χ3n) is 5.05. The van der Waals surface area contributed by atoms with Gasteiger partial charge in [-0.3, -0.25) is 0 Å². The van der Waals surface area contributed by atoms with Gasteiger partial charge in [-0.25, -0.2) is 0 Å². The summed E-state index contributed by atoms with van der Waals surface area (Å²) in [6.07, 6.45) is 10.8. The number of fused-ring (bicyclic) bond motifs is 2. The predicted molar refractivity (Wildman–Crippen MR) is 71.1 cm³/mol. The molecular weight excluding hydrogens is 216 g/mol. The van der Waals surface area contributed by atoms with E-state index in [9.17, 15) is 0 Å². The van der Waals surface area contributed by atoms with Crippen LogP contribution in [0, 0.1) is 0 Å². The minimum Gasteiger partial charge on any atom is -0.312 e. The number of rotatable bonds is 4. The Morgan fingerprint density at radius 3 is 2.38 bits per heavy atom. The summed E-state index contributed by atoms with van der Waals surface area (Å²) in [6, 6.07) is 2.56. The van der Waals surface area contributed by atoms with E-state index in [4.69, 9.17) is 0 Å². The van der Waals surface area contributed by atoms with E-state index in [1.165, 1.54) is 45.1 Å². The Labute approximate surface area is 104 Å². The molecule has 2 atom stereocenters. The van der Waals surface area contributed by atoms with Crippen LogP contribution in [0.3, 0.4) is 0 Å². The van der Waals surface area contributed by atoms with Crippen molar-refractivity contribution in [2.24, 2.45) is 0 Å². The van der Waals surface area contributed by atoms with Crippen LogP contribution in [-0.4, -0.2) is 47.6 Å². The van der Waals surface area contributed by atoms with Crippen molar-refractivity contribution in [1.29, 1.82) is 0 Å². The second-order valence-corrected chi connectivity index (χ2v) is 7.26. The number of piperidine rings is 1. The number of thioether (sulfide) groups is 1. The molecule has 3 heteroatoms. The van der Waals surface area contributed by atoms with Gasteiger partial charge in [0, 0.05) is 29.4 Å². The average Bonchev–Trinajstić information content (AvgIpc) is 3.05. The quantitative estimate of drug-likeness (QED) is 0.810. The van der Waals surface area contributed by atoms with Crippen molar-refractivity contribution in [3.8, 4) is 0 Å². The van der Waals surface area contributed by atoms with Crippen molar-refractivity contribution in [2.45, 2.75) is 61.4 Å². The third-order valence-corrected chi connectivity index (χ3v) is 6.47. The smallest absolute Gasteiger partial charge is 0.0282 e. The second kappa shape index (κ2) is 4.18. The first-order chi connectivity index (χ1) is 7.72. The molecule has 92 valence electrons. The Kier molecular flexibility index (Phi) is 2.97. The molecule has 0 radical (unpaired) electrons. The van der Waals surface area contributed by atoms with Crippen molar-refractivity contribution < 1.29 is 0 Å². The van der Waals surface area contributed by atoms with Gasteiger partial charge in [-0.2, -0.15) is 11.8 Å². The minimum absolute atomic E-state index is 0.627. The molecule has 3 fully saturated rings. The predicted octanol–water partition coefficient (Wildman–Crippen LogP) is 2.10. The Bertz CT molecular complexity index is 251. The molecule has 2 bridgehead atoms. The molecule has 16 heavy (non-hydrogen) atoms. The summed E-state index contributed by atoms with van der Waals surface area (Å²) in [5.41, 5.74) is 0. The molecule has 0 spiro atoms. The summed E-state index contributed by atoms with van der Waals surface area (Å²) in [4.78, 5) is 2.62. The summed E-state index contributed by atoms with van der Waals surface area (Å²) in [7, 11) is 2.32.